The van der Waals surface area contributed by atoms with Crippen molar-refractivity contribution in [2.75, 3.05) is 0 Å². The van der Waals surface area contributed by atoms with Gasteiger partial charge in [0.15, 0.2) is 5.79 Å². The van der Waals surface area contributed by atoms with Gasteiger partial charge in [0.2, 0.25) is 0 Å². The topological polar surface area (TPSA) is 82.1 Å². The Labute approximate surface area is 147 Å². The Bertz CT molecular complexity index is 638. The number of esters is 2. The highest BCUT2D eigenvalue weighted by molar-refractivity contribution is 5.91. The van der Waals surface area contributed by atoms with Crippen molar-refractivity contribution >= 4 is 11.9 Å². The first-order chi connectivity index (χ1) is 11.5. The molecule has 6 atom stereocenters. The summed E-state index contributed by atoms with van der Waals surface area (Å²) in [6.45, 7) is 11.1. The quantitative estimate of drug-likeness (QED) is 0.467. The Morgan fingerprint density at radius 3 is 2.76 bits per heavy atom. The highest BCUT2D eigenvalue weighted by Gasteiger charge is 2.54. The maximum absolute atomic E-state index is 12.2. The molecule has 3 aliphatic heterocycles. The fourth-order valence-electron chi connectivity index (χ4n) is 3.86. The van der Waals surface area contributed by atoms with Crippen molar-refractivity contribution in [2.45, 2.75) is 64.1 Å². The molecule has 0 radical (unpaired) electrons. The van der Waals surface area contributed by atoms with Gasteiger partial charge in [0, 0.05) is 17.9 Å². The van der Waals surface area contributed by atoms with Crippen LogP contribution in [0, 0.1) is 17.8 Å². The molecule has 0 aromatic carbocycles. The van der Waals surface area contributed by atoms with Gasteiger partial charge < -0.3 is 19.3 Å². The first kappa shape index (κ1) is 18.1. The Morgan fingerprint density at radius 2 is 2.12 bits per heavy atom. The third-order valence-electron chi connectivity index (χ3n) is 5.43. The van der Waals surface area contributed by atoms with Crippen LogP contribution in [0.15, 0.2) is 24.3 Å². The number of rotatable bonds is 2. The van der Waals surface area contributed by atoms with Crippen LogP contribution in [0.2, 0.25) is 0 Å². The number of hydrogen-bond donors (Lipinski definition) is 1. The van der Waals surface area contributed by atoms with E-state index in [0.29, 0.717) is 18.4 Å². The second kappa shape index (κ2) is 5.95. The predicted molar refractivity (Wildman–Crippen MR) is 89.2 cm³/mol. The van der Waals surface area contributed by atoms with Gasteiger partial charge in [0.05, 0.1) is 17.4 Å². The number of ether oxygens (including phenoxy) is 3. The van der Waals surface area contributed by atoms with Crippen molar-refractivity contribution in [3.8, 4) is 0 Å². The van der Waals surface area contributed by atoms with Crippen LogP contribution in [0.1, 0.15) is 40.5 Å². The van der Waals surface area contributed by atoms with Gasteiger partial charge in [-0.3, -0.25) is 4.79 Å². The Balaban J connectivity index is 1.99. The Hall–Kier alpha value is -1.66. The zero-order chi connectivity index (χ0) is 18.6. The zero-order valence-corrected chi connectivity index (χ0v) is 15.2. The largest absolute Gasteiger partial charge is 0.461 e. The molecule has 6 nitrogen and oxygen atoms in total. The maximum Gasteiger partial charge on any atom is 0.334 e. The van der Waals surface area contributed by atoms with E-state index in [9.17, 15) is 14.7 Å². The summed E-state index contributed by atoms with van der Waals surface area (Å²) in [5, 5.41) is 10.8. The van der Waals surface area contributed by atoms with Crippen LogP contribution < -0.4 is 0 Å². The highest BCUT2D eigenvalue weighted by Crippen LogP contribution is 2.46. The van der Waals surface area contributed by atoms with E-state index in [1.165, 1.54) is 0 Å². The molecule has 2 bridgehead atoms. The molecule has 1 N–H and O–H groups in total. The van der Waals surface area contributed by atoms with E-state index in [4.69, 9.17) is 14.2 Å². The summed E-state index contributed by atoms with van der Waals surface area (Å²) in [6.07, 6.45) is 3.05. The van der Waals surface area contributed by atoms with Gasteiger partial charge in [-0.05, 0) is 19.4 Å². The molecule has 0 aromatic rings. The fraction of sp³-hybridized carbons (Fsp3) is 0.684. The lowest BCUT2D eigenvalue weighted by Crippen LogP contribution is -2.41. The Kier molecular flexibility index (Phi) is 4.32. The third-order valence-corrected chi connectivity index (χ3v) is 5.43. The average molecular weight is 350 g/mol. The average Bonchev–Trinajstić information content (AvgIpc) is 2.97. The summed E-state index contributed by atoms with van der Waals surface area (Å²) in [7, 11) is 0. The number of fused-ring (bicyclic) bond motifs is 3. The predicted octanol–water partition coefficient (Wildman–Crippen LogP) is 2.12. The van der Waals surface area contributed by atoms with E-state index < -0.39 is 35.5 Å². The minimum absolute atomic E-state index is 0.291. The molecule has 2 unspecified atom stereocenters. The third kappa shape index (κ3) is 3.13. The van der Waals surface area contributed by atoms with Crippen LogP contribution in [-0.4, -0.2) is 40.6 Å². The lowest BCUT2D eigenvalue weighted by atomic mass is 9.80. The smallest absolute Gasteiger partial charge is 0.334 e. The normalized spacial score (nSPS) is 43.3. The van der Waals surface area contributed by atoms with Crippen molar-refractivity contribution in [1.82, 2.24) is 0 Å². The minimum atomic E-state index is -1.42. The number of carbonyl (C=O) groups is 2. The van der Waals surface area contributed by atoms with Crippen molar-refractivity contribution < 1.29 is 28.9 Å². The first-order valence-corrected chi connectivity index (χ1v) is 8.78. The Morgan fingerprint density at radius 1 is 1.44 bits per heavy atom. The van der Waals surface area contributed by atoms with Crippen LogP contribution in [0.4, 0.5) is 0 Å². The molecule has 0 saturated carbocycles. The summed E-state index contributed by atoms with van der Waals surface area (Å²) >= 11 is 0. The van der Waals surface area contributed by atoms with Gasteiger partial charge in [0.25, 0.3) is 0 Å². The second-order valence-electron chi connectivity index (χ2n) is 7.97. The highest BCUT2D eigenvalue weighted by atomic mass is 16.6. The van der Waals surface area contributed by atoms with E-state index in [1.54, 1.807) is 26.0 Å². The summed E-state index contributed by atoms with van der Waals surface area (Å²) in [4.78, 5) is 24.3. The van der Waals surface area contributed by atoms with Gasteiger partial charge in [-0.15, -0.1) is 0 Å². The molecule has 3 heterocycles. The van der Waals surface area contributed by atoms with Crippen molar-refractivity contribution in [3.63, 3.8) is 0 Å². The molecular formula is C19H26O6. The standard InChI is InChI=1S/C19H26O6/c1-10(2)16(20)24-14-9-18(5)6-7-19(22,25-18)11(3)8-13-15(14)12(4)17(21)23-13/h6-7,10-11,13-15,22H,4,8-9H2,1-3,5H3/t11?,13?,14-,15+,18+,19+/m1/s1. The van der Waals surface area contributed by atoms with Gasteiger partial charge >= 0.3 is 11.9 Å². The molecule has 0 aromatic heterocycles. The number of aliphatic hydroxyl groups is 1. The van der Waals surface area contributed by atoms with E-state index in [0.717, 1.165) is 0 Å². The van der Waals surface area contributed by atoms with Crippen LogP contribution in [0.25, 0.3) is 0 Å². The lowest BCUT2D eigenvalue weighted by Gasteiger charge is -2.34. The molecule has 0 amide bonds. The summed E-state index contributed by atoms with van der Waals surface area (Å²) in [5.41, 5.74) is -0.484. The van der Waals surface area contributed by atoms with E-state index in [-0.39, 0.29) is 17.8 Å². The number of hydrogen-bond acceptors (Lipinski definition) is 6. The van der Waals surface area contributed by atoms with E-state index in [1.807, 2.05) is 13.8 Å². The van der Waals surface area contributed by atoms with Crippen LogP contribution >= 0.6 is 0 Å². The maximum atomic E-state index is 12.2. The zero-order valence-electron chi connectivity index (χ0n) is 15.2. The van der Waals surface area contributed by atoms with E-state index >= 15 is 0 Å². The monoisotopic (exact) mass is 350 g/mol. The molecule has 3 rings (SSSR count). The second-order valence-corrected chi connectivity index (χ2v) is 7.97. The summed E-state index contributed by atoms with van der Waals surface area (Å²) < 4.78 is 17.2. The molecule has 0 spiro atoms. The summed E-state index contributed by atoms with van der Waals surface area (Å²) in [6, 6.07) is 0. The van der Waals surface area contributed by atoms with Crippen molar-refractivity contribution in [3.05, 3.63) is 24.3 Å². The minimum Gasteiger partial charge on any atom is -0.461 e. The lowest BCUT2D eigenvalue weighted by molar-refractivity contribution is -0.234. The molecule has 6 heteroatoms. The van der Waals surface area contributed by atoms with Gasteiger partial charge in [0.1, 0.15) is 12.2 Å². The molecule has 138 valence electrons. The van der Waals surface area contributed by atoms with E-state index in [2.05, 4.69) is 6.58 Å². The van der Waals surface area contributed by atoms with Crippen LogP contribution in [0.5, 0.6) is 0 Å². The van der Waals surface area contributed by atoms with Crippen LogP contribution in [-0.2, 0) is 23.8 Å². The molecule has 3 aliphatic rings. The van der Waals surface area contributed by atoms with Crippen molar-refractivity contribution in [1.29, 1.82) is 0 Å². The van der Waals surface area contributed by atoms with Crippen LogP contribution in [0.3, 0.4) is 0 Å². The molecule has 2 saturated heterocycles. The molecule has 25 heavy (non-hydrogen) atoms. The SMILES string of the molecule is C=C1C(=O)OC2CC(C)[C@]3(O)C=C[C@@](C)(C[C@@H](OC(=O)C(C)C)[C@@H]12)O3. The molecule has 0 aliphatic carbocycles. The molecular weight excluding hydrogens is 324 g/mol. The van der Waals surface area contributed by atoms with Gasteiger partial charge in [-0.1, -0.05) is 33.4 Å². The van der Waals surface area contributed by atoms with Crippen molar-refractivity contribution in [2.24, 2.45) is 17.8 Å². The molecule has 2 fully saturated rings. The first-order valence-electron chi connectivity index (χ1n) is 8.78. The van der Waals surface area contributed by atoms with Gasteiger partial charge in [-0.2, -0.15) is 0 Å². The summed E-state index contributed by atoms with van der Waals surface area (Å²) in [5.74, 6) is -3.25. The number of carbonyl (C=O) groups excluding carboxylic acids is 2. The fourth-order valence-corrected chi connectivity index (χ4v) is 3.86. The van der Waals surface area contributed by atoms with Gasteiger partial charge in [-0.25, -0.2) is 4.79 Å².